The highest BCUT2D eigenvalue weighted by molar-refractivity contribution is 6.12. The number of carbonyl (C=O) groups is 1. The SMILES string of the molecule is Nc1nccc(-c2ccc(N)c(C(=O)c3cccnc3)c2)n1. The predicted molar refractivity (Wildman–Crippen MR) is 84.0 cm³/mol. The van der Waals surface area contributed by atoms with Gasteiger partial charge in [-0.3, -0.25) is 9.78 Å². The minimum atomic E-state index is -0.186. The van der Waals surface area contributed by atoms with Crippen molar-refractivity contribution in [3.63, 3.8) is 0 Å². The Morgan fingerprint density at radius 1 is 1.05 bits per heavy atom. The van der Waals surface area contributed by atoms with Gasteiger partial charge in [0.05, 0.1) is 5.69 Å². The van der Waals surface area contributed by atoms with Gasteiger partial charge < -0.3 is 11.5 Å². The molecule has 0 atom stereocenters. The highest BCUT2D eigenvalue weighted by Crippen LogP contribution is 2.24. The number of pyridine rings is 1. The first-order valence-corrected chi connectivity index (χ1v) is 6.58. The monoisotopic (exact) mass is 291 g/mol. The number of ketones is 1. The Bertz CT molecular complexity index is 833. The van der Waals surface area contributed by atoms with Crippen LogP contribution in [0.3, 0.4) is 0 Å². The molecule has 0 fully saturated rings. The molecule has 22 heavy (non-hydrogen) atoms. The number of nitrogen functional groups attached to an aromatic ring is 2. The molecule has 0 saturated heterocycles. The molecule has 0 bridgehead atoms. The second kappa shape index (κ2) is 5.61. The third-order valence-electron chi connectivity index (χ3n) is 3.19. The molecule has 108 valence electrons. The number of nitrogens with two attached hydrogens (primary N) is 2. The van der Waals surface area contributed by atoms with Gasteiger partial charge in [-0.1, -0.05) is 6.07 Å². The maximum absolute atomic E-state index is 12.5. The van der Waals surface area contributed by atoms with Crippen LogP contribution in [0.4, 0.5) is 11.6 Å². The van der Waals surface area contributed by atoms with Crippen LogP contribution in [0.5, 0.6) is 0 Å². The highest BCUT2D eigenvalue weighted by atomic mass is 16.1. The lowest BCUT2D eigenvalue weighted by atomic mass is 9.99. The summed E-state index contributed by atoms with van der Waals surface area (Å²) in [6.07, 6.45) is 4.69. The third kappa shape index (κ3) is 2.62. The molecule has 3 aromatic rings. The molecule has 0 aliphatic heterocycles. The Hall–Kier alpha value is -3.28. The van der Waals surface area contributed by atoms with Crippen LogP contribution in [-0.4, -0.2) is 20.7 Å². The molecule has 2 heterocycles. The second-order valence-corrected chi connectivity index (χ2v) is 4.67. The summed E-state index contributed by atoms with van der Waals surface area (Å²) >= 11 is 0. The number of anilines is 2. The molecule has 1 aromatic carbocycles. The predicted octanol–water partition coefficient (Wildman–Crippen LogP) is 1.93. The van der Waals surface area contributed by atoms with Crippen molar-refractivity contribution in [3.8, 4) is 11.3 Å². The lowest BCUT2D eigenvalue weighted by molar-refractivity contribution is 0.103. The van der Waals surface area contributed by atoms with E-state index < -0.39 is 0 Å². The normalized spacial score (nSPS) is 10.4. The van der Waals surface area contributed by atoms with Crippen molar-refractivity contribution in [3.05, 3.63) is 66.1 Å². The zero-order valence-electron chi connectivity index (χ0n) is 11.6. The van der Waals surface area contributed by atoms with E-state index >= 15 is 0 Å². The summed E-state index contributed by atoms with van der Waals surface area (Å²) in [5.41, 5.74) is 14.2. The van der Waals surface area contributed by atoms with Crippen molar-refractivity contribution in [2.24, 2.45) is 0 Å². The van der Waals surface area contributed by atoms with E-state index in [0.29, 0.717) is 22.5 Å². The first kappa shape index (κ1) is 13.7. The van der Waals surface area contributed by atoms with Gasteiger partial charge in [-0.05, 0) is 30.3 Å². The maximum Gasteiger partial charge on any atom is 0.220 e. The van der Waals surface area contributed by atoms with E-state index in [0.717, 1.165) is 5.56 Å². The van der Waals surface area contributed by atoms with E-state index in [1.54, 1.807) is 48.8 Å². The molecule has 4 N–H and O–H groups in total. The topological polar surface area (TPSA) is 108 Å². The molecular formula is C16H13N5O. The Morgan fingerprint density at radius 3 is 2.64 bits per heavy atom. The lowest BCUT2D eigenvalue weighted by Gasteiger charge is -2.08. The number of benzene rings is 1. The fourth-order valence-corrected chi connectivity index (χ4v) is 2.10. The van der Waals surface area contributed by atoms with Gasteiger partial charge in [0.2, 0.25) is 5.95 Å². The first-order chi connectivity index (χ1) is 10.6. The van der Waals surface area contributed by atoms with Crippen LogP contribution in [0, 0.1) is 0 Å². The van der Waals surface area contributed by atoms with Gasteiger partial charge in [-0.25, -0.2) is 9.97 Å². The van der Waals surface area contributed by atoms with Crippen LogP contribution < -0.4 is 11.5 Å². The van der Waals surface area contributed by atoms with Gasteiger partial charge >= 0.3 is 0 Å². The molecule has 0 saturated carbocycles. The molecule has 0 radical (unpaired) electrons. The molecule has 0 amide bonds. The summed E-state index contributed by atoms with van der Waals surface area (Å²) in [4.78, 5) is 24.5. The van der Waals surface area contributed by atoms with Crippen molar-refractivity contribution in [1.29, 1.82) is 0 Å². The number of nitrogens with zero attached hydrogens (tertiary/aromatic N) is 3. The third-order valence-corrected chi connectivity index (χ3v) is 3.19. The Balaban J connectivity index is 2.06. The quantitative estimate of drug-likeness (QED) is 0.564. The van der Waals surface area contributed by atoms with Crippen LogP contribution in [0.25, 0.3) is 11.3 Å². The van der Waals surface area contributed by atoms with Crippen molar-refractivity contribution >= 4 is 17.4 Å². The Kier molecular flexibility index (Phi) is 3.49. The molecule has 0 aliphatic rings. The summed E-state index contributed by atoms with van der Waals surface area (Å²) in [7, 11) is 0. The van der Waals surface area contributed by atoms with E-state index in [1.165, 1.54) is 6.20 Å². The zero-order chi connectivity index (χ0) is 15.5. The fraction of sp³-hybridized carbons (Fsp3) is 0. The average Bonchev–Trinajstić information content (AvgIpc) is 2.55. The van der Waals surface area contributed by atoms with E-state index in [9.17, 15) is 4.79 Å². The van der Waals surface area contributed by atoms with Gasteiger partial charge in [-0.15, -0.1) is 0 Å². The van der Waals surface area contributed by atoms with Crippen LogP contribution in [0.15, 0.2) is 55.0 Å². The van der Waals surface area contributed by atoms with Crippen LogP contribution >= 0.6 is 0 Å². The summed E-state index contributed by atoms with van der Waals surface area (Å²) in [6, 6.07) is 10.3. The number of hydrogen-bond acceptors (Lipinski definition) is 6. The Labute approximate surface area is 126 Å². The summed E-state index contributed by atoms with van der Waals surface area (Å²) in [5, 5.41) is 0. The average molecular weight is 291 g/mol. The van der Waals surface area contributed by atoms with Crippen molar-refractivity contribution in [1.82, 2.24) is 15.0 Å². The largest absolute Gasteiger partial charge is 0.398 e. The standard InChI is InChI=1S/C16H13N5O/c17-13-4-3-10(14-5-7-20-16(18)21-14)8-12(13)15(22)11-2-1-6-19-9-11/h1-9H,17H2,(H2,18,20,21). The molecule has 0 aliphatic carbocycles. The smallest absolute Gasteiger partial charge is 0.220 e. The van der Waals surface area contributed by atoms with Crippen molar-refractivity contribution < 1.29 is 4.79 Å². The van der Waals surface area contributed by atoms with Gasteiger partial charge in [0.1, 0.15) is 0 Å². The number of rotatable bonds is 3. The van der Waals surface area contributed by atoms with Crippen LogP contribution in [-0.2, 0) is 0 Å². The van der Waals surface area contributed by atoms with E-state index in [4.69, 9.17) is 11.5 Å². The fourth-order valence-electron chi connectivity index (χ4n) is 2.10. The molecule has 0 spiro atoms. The minimum absolute atomic E-state index is 0.175. The van der Waals surface area contributed by atoms with Gasteiger partial charge in [0, 0.05) is 41.0 Å². The van der Waals surface area contributed by atoms with Gasteiger partial charge in [0.25, 0.3) is 0 Å². The summed E-state index contributed by atoms with van der Waals surface area (Å²) < 4.78 is 0. The van der Waals surface area contributed by atoms with Crippen molar-refractivity contribution in [2.75, 3.05) is 11.5 Å². The van der Waals surface area contributed by atoms with Gasteiger partial charge in [0.15, 0.2) is 5.78 Å². The second-order valence-electron chi connectivity index (χ2n) is 4.67. The van der Waals surface area contributed by atoms with Crippen molar-refractivity contribution in [2.45, 2.75) is 0 Å². The summed E-state index contributed by atoms with van der Waals surface area (Å²) in [5.74, 6) is -0.0102. The molecule has 0 unspecified atom stereocenters. The number of carbonyl (C=O) groups excluding carboxylic acids is 1. The lowest BCUT2D eigenvalue weighted by Crippen LogP contribution is -2.06. The van der Waals surface area contributed by atoms with E-state index in [-0.39, 0.29) is 11.7 Å². The molecule has 6 heteroatoms. The summed E-state index contributed by atoms with van der Waals surface area (Å²) in [6.45, 7) is 0. The maximum atomic E-state index is 12.5. The molecule has 3 rings (SSSR count). The number of hydrogen-bond donors (Lipinski definition) is 2. The zero-order valence-corrected chi connectivity index (χ0v) is 11.6. The minimum Gasteiger partial charge on any atom is -0.398 e. The van der Waals surface area contributed by atoms with E-state index in [2.05, 4.69) is 15.0 Å². The Morgan fingerprint density at radius 2 is 1.91 bits per heavy atom. The highest BCUT2D eigenvalue weighted by Gasteiger charge is 2.14. The van der Waals surface area contributed by atoms with Crippen LogP contribution in [0.1, 0.15) is 15.9 Å². The number of aromatic nitrogens is 3. The van der Waals surface area contributed by atoms with Crippen LogP contribution in [0.2, 0.25) is 0 Å². The molecule has 6 nitrogen and oxygen atoms in total. The molecule has 2 aromatic heterocycles. The van der Waals surface area contributed by atoms with Gasteiger partial charge in [-0.2, -0.15) is 0 Å². The van der Waals surface area contributed by atoms with E-state index in [1.807, 2.05) is 0 Å². The molecular weight excluding hydrogens is 278 g/mol. The first-order valence-electron chi connectivity index (χ1n) is 6.58.